The first-order valence-corrected chi connectivity index (χ1v) is 10.4. The highest BCUT2D eigenvalue weighted by molar-refractivity contribution is 14.0. The van der Waals surface area contributed by atoms with Gasteiger partial charge in [-0.3, -0.25) is 4.79 Å². The van der Waals surface area contributed by atoms with Crippen LogP contribution in [-0.2, 0) is 16.8 Å². The molecule has 1 amide bonds. The molecule has 1 aromatic rings. The van der Waals surface area contributed by atoms with Crippen LogP contribution in [-0.4, -0.2) is 40.6 Å². The number of nitrogens with zero attached hydrogens (tertiary/aromatic N) is 3. The number of carbonyl (C=O) groups is 1. The summed E-state index contributed by atoms with van der Waals surface area (Å²) in [5.41, 5.74) is -0.175. The minimum Gasteiger partial charge on any atom is -0.357 e. The Labute approximate surface area is 191 Å². The van der Waals surface area contributed by atoms with Crippen molar-refractivity contribution in [3.8, 4) is 0 Å². The van der Waals surface area contributed by atoms with Crippen LogP contribution in [0.5, 0.6) is 0 Å². The molecule has 1 aliphatic carbocycles. The van der Waals surface area contributed by atoms with Gasteiger partial charge in [-0.05, 0) is 40.0 Å². The van der Waals surface area contributed by atoms with Gasteiger partial charge in [0, 0.05) is 30.0 Å². The Balaban J connectivity index is 0.00000420. The quantitative estimate of drug-likeness (QED) is 0.303. The van der Waals surface area contributed by atoms with Crippen LogP contribution in [0.15, 0.2) is 9.52 Å². The van der Waals surface area contributed by atoms with Crippen LogP contribution in [0.25, 0.3) is 0 Å². The lowest BCUT2D eigenvalue weighted by Crippen LogP contribution is -2.47. The van der Waals surface area contributed by atoms with Crippen molar-refractivity contribution in [1.29, 1.82) is 0 Å². The summed E-state index contributed by atoms with van der Waals surface area (Å²) in [6, 6.07) is 0.400. The molecular weight excluding hydrogens is 483 g/mol. The van der Waals surface area contributed by atoms with Crippen molar-refractivity contribution < 1.29 is 9.32 Å². The van der Waals surface area contributed by atoms with Crippen molar-refractivity contribution in [1.82, 2.24) is 26.1 Å². The molecule has 2 unspecified atom stereocenters. The van der Waals surface area contributed by atoms with Crippen molar-refractivity contribution in [2.24, 2.45) is 10.9 Å². The van der Waals surface area contributed by atoms with Gasteiger partial charge in [0.25, 0.3) is 0 Å². The van der Waals surface area contributed by atoms with Gasteiger partial charge in [0.15, 0.2) is 11.8 Å². The van der Waals surface area contributed by atoms with E-state index in [0.717, 1.165) is 38.2 Å². The van der Waals surface area contributed by atoms with Gasteiger partial charge in [-0.1, -0.05) is 32.3 Å². The van der Waals surface area contributed by atoms with Gasteiger partial charge in [0.2, 0.25) is 11.8 Å². The lowest BCUT2D eigenvalue weighted by molar-refractivity contribution is -0.126. The second-order valence-electron chi connectivity index (χ2n) is 8.83. The maximum absolute atomic E-state index is 12.3. The van der Waals surface area contributed by atoms with Crippen molar-refractivity contribution in [2.75, 3.05) is 6.54 Å². The average Bonchev–Trinajstić information content (AvgIpc) is 3.09. The largest absolute Gasteiger partial charge is 0.357 e. The van der Waals surface area contributed by atoms with Crippen molar-refractivity contribution in [3.05, 3.63) is 11.7 Å². The van der Waals surface area contributed by atoms with E-state index in [2.05, 4.69) is 31.1 Å². The molecule has 0 bridgehead atoms. The number of carbonyl (C=O) groups excluding carboxylic acids is 1. The number of aromatic nitrogens is 2. The molecule has 29 heavy (non-hydrogen) atoms. The van der Waals surface area contributed by atoms with E-state index >= 15 is 0 Å². The van der Waals surface area contributed by atoms with E-state index in [1.165, 1.54) is 0 Å². The summed E-state index contributed by atoms with van der Waals surface area (Å²) < 4.78 is 5.33. The van der Waals surface area contributed by atoms with Crippen molar-refractivity contribution in [2.45, 2.75) is 91.3 Å². The zero-order valence-electron chi connectivity index (χ0n) is 18.5. The van der Waals surface area contributed by atoms with E-state index in [4.69, 9.17) is 4.52 Å². The van der Waals surface area contributed by atoms with Gasteiger partial charge in [-0.2, -0.15) is 4.98 Å². The molecule has 0 aromatic carbocycles. The van der Waals surface area contributed by atoms with Crippen molar-refractivity contribution >= 4 is 35.8 Å². The topological polar surface area (TPSA) is 104 Å². The van der Waals surface area contributed by atoms with E-state index in [-0.39, 0.29) is 53.3 Å². The molecular formula is C20H37IN6O2. The summed E-state index contributed by atoms with van der Waals surface area (Å²) in [6.45, 7) is 13.2. The maximum Gasteiger partial charge on any atom is 0.232 e. The van der Waals surface area contributed by atoms with Crippen LogP contribution in [0, 0.1) is 5.92 Å². The number of nitrogens with one attached hydrogen (secondary N) is 3. The first-order chi connectivity index (χ1) is 13.2. The Kier molecular flexibility index (Phi) is 10.4. The van der Waals surface area contributed by atoms with E-state index in [9.17, 15) is 4.79 Å². The summed E-state index contributed by atoms with van der Waals surface area (Å²) in [4.78, 5) is 21.4. The molecule has 1 saturated carbocycles. The van der Waals surface area contributed by atoms with E-state index in [1.54, 1.807) is 0 Å². The monoisotopic (exact) mass is 520 g/mol. The maximum atomic E-state index is 12.3. The fourth-order valence-electron chi connectivity index (χ4n) is 3.25. The third-order valence-corrected chi connectivity index (χ3v) is 4.65. The van der Waals surface area contributed by atoms with E-state index in [0.29, 0.717) is 18.3 Å². The molecule has 1 fully saturated rings. The molecule has 1 aliphatic rings. The lowest BCUT2D eigenvalue weighted by Gasteiger charge is -2.30. The molecule has 2 rings (SSSR count). The summed E-state index contributed by atoms with van der Waals surface area (Å²) in [5, 5.41) is 13.8. The lowest BCUT2D eigenvalue weighted by atomic mass is 9.85. The molecule has 0 saturated heterocycles. The fraction of sp³-hybridized carbons (Fsp3) is 0.800. The molecule has 0 aliphatic heterocycles. The molecule has 1 heterocycles. The number of guanidine groups is 1. The Bertz CT molecular complexity index is 668. The Hall–Kier alpha value is -1.39. The fourth-order valence-corrected chi connectivity index (χ4v) is 3.25. The van der Waals surface area contributed by atoms with Gasteiger partial charge in [-0.15, -0.1) is 24.0 Å². The summed E-state index contributed by atoms with van der Waals surface area (Å²) in [7, 11) is 0. The summed E-state index contributed by atoms with van der Waals surface area (Å²) >= 11 is 0. The van der Waals surface area contributed by atoms with Gasteiger partial charge in [-0.25, -0.2) is 4.99 Å². The highest BCUT2D eigenvalue weighted by Crippen LogP contribution is 2.24. The first-order valence-electron chi connectivity index (χ1n) is 10.4. The Morgan fingerprint density at radius 1 is 1.31 bits per heavy atom. The smallest absolute Gasteiger partial charge is 0.232 e. The van der Waals surface area contributed by atoms with Crippen molar-refractivity contribution in [3.63, 3.8) is 0 Å². The van der Waals surface area contributed by atoms with E-state index < -0.39 is 0 Å². The average molecular weight is 520 g/mol. The zero-order valence-corrected chi connectivity index (χ0v) is 20.9. The molecule has 2 atom stereocenters. The highest BCUT2D eigenvalue weighted by Gasteiger charge is 2.28. The first kappa shape index (κ1) is 25.6. The van der Waals surface area contributed by atoms with E-state index in [1.807, 2.05) is 41.5 Å². The minimum atomic E-state index is -0.175. The predicted molar refractivity (Wildman–Crippen MR) is 125 cm³/mol. The van der Waals surface area contributed by atoms with Crippen LogP contribution >= 0.6 is 24.0 Å². The van der Waals surface area contributed by atoms with Crippen LogP contribution in [0.2, 0.25) is 0 Å². The normalized spacial score (nSPS) is 20.2. The SMILES string of the molecule is CCNC(=NCc1noc(C(C)(C)C)n1)NC1CCCC(C(=O)NC(C)C)C1.I. The summed E-state index contributed by atoms with van der Waals surface area (Å²) in [5.74, 6) is 2.12. The Morgan fingerprint density at radius 2 is 2.03 bits per heavy atom. The number of rotatable bonds is 6. The second-order valence-corrected chi connectivity index (χ2v) is 8.83. The van der Waals surface area contributed by atoms with Gasteiger partial charge in [0.1, 0.15) is 6.54 Å². The number of aliphatic imine (C=N–C) groups is 1. The molecule has 9 heteroatoms. The second kappa shape index (κ2) is 11.7. The minimum absolute atomic E-state index is 0. The Morgan fingerprint density at radius 3 is 2.62 bits per heavy atom. The third kappa shape index (κ3) is 8.47. The summed E-state index contributed by atoms with van der Waals surface area (Å²) in [6.07, 6.45) is 3.83. The van der Waals surface area contributed by atoms with Crippen LogP contribution < -0.4 is 16.0 Å². The number of hydrogen-bond acceptors (Lipinski definition) is 5. The molecule has 0 radical (unpaired) electrons. The number of hydrogen-bond donors (Lipinski definition) is 3. The number of halogens is 1. The molecule has 8 nitrogen and oxygen atoms in total. The highest BCUT2D eigenvalue weighted by atomic mass is 127. The predicted octanol–water partition coefficient (Wildman–Crippen LogP) is 3.12. The molecule has 166 valence electrons. The van der Waals surface area contributed by atoms with Gasteiger partial charge < -0.3 is 20.5 Å². The van der Waals surface area contributed by atoms with Crippen LogP contribution in [0.3, 0.4) is 0 Å². The third-order valence-electron chi connectivity index (χ3n) is 4.65. The van der Waals surface area contributed by atoms with Gasteiger partial charge in [0.05, 0.1) is 0 Å². The standard InChI is InChI=1S/C20H36N6O2.HI/c1-7-21-19(22-12-16-25-18(28-26-16)20(4,5)6)24-15-10-8-9-14(11-15)17(27)23-13(2)3;/h13-15H,7-12H2,1-6H3,(H,23,27)(H2,21,22,24);1H. The number of amides is 1. The van der Waals surface area contributed by atoms with Crippen LogP contribution in [0.4, 0.5) is 0 Å². The van der Waals surface area contributed by atoms with Crippen LogP contribution in [0.1, 0.15) is 78.9 Å². The van der Waals surface area contributed by atoms with Gasteiger partial charge >= 0.3 is 0 Å². The molecule has 3 N–H and O–H groups in total. The zero-order chi connectivity index (χ0) is 20.7. The molecule has 1 aromatic heterocycles. The molecule has 0 spiro atoms.